The third-order valence-corrected chi connectivity index (χ3v) is 2.78. The minimum absolute atomic E-state index is 0.734. The minimum atomic E-state index is 0.734. The van der Waals surface area contributed by atoms with Crippen LogP contribution in [0.15, 0.2) is 18.2 Å². The van der Waals surface area contributed by atoms with Crippen LogP contribution in [0.5, 0.6) is 11.5 Å². The van der Waals surface area contributed by atoms with E-state index in [-0.39, 0.29) is 0 Å². The number of nitrogens with one attached hydrogen (secondary N) is 1. The fraction of sp³-hybridized carbons (Fsp3) is 0.538. The van der Waals surface area contributed by atoms with Crippen LogP contribution in [0, 0.1) is 0 Å². The Morgan fingerprint density at radius 2 is 1.88 bits per heavy atom. The highest BCUT2D eigenvalue weighted by atomic mass is 35.5. The summed E-state index contributed by atoms with van der Waals surface area (Å²) in [5.74, 6) is 2.27. The molecule has 0 heterocycles. The number of alkyl halides is 1. The van der Waals surface area contributed by atoms with E-state index >= 15 is 0 Å². The first-order valence-electron chi connectivity index (χ1n) is 5.79. The van der Waals surface area contributed by atoms with E-state index in [1.54, 1.807) is 14.2 Å². The standard InChI is InChI=1S/C13H20ClNO2/c1-16-12-6-5-11(9-13(12)17-2)10-15-8-4-3-7-14/h5-6,9,15H,3-4,7-8,10H2,1-2H3. The molecule has 1 aromatic rings. The maximum atomic E-state index is 5.61. The number of benzene rings is 1. The highest BCUT2D eigenvalue weighted by Gasteiger charge is 2.03. The topological polar surface area (TPSA) is 30.5 Å². The van der Waals surface area contributed by atoms with Gasteiger partial charge in [0.2, 0.25) is 0 Å². The Morgan fingerprint density at radius 3 is 2.53 bits per heavy atom. The summed E-state index contributed by atoms with van der Waals surface area (Å²) in [5, 5.41) is 3.37. The lowest BCUT2D eigenvalue weighted by molar-refractivity contribution is 0.354. The van der Waals surface area contributed by atoms with Crippen LogP contribution in [0.2, 0.25) is 0 Å². The van der Waals surface area contributed by atoms with E-state index in [0.29, 0.717) is 0 Å². The molecule has 0 aliphatic rings. The van der Waals surface area contributed by atoms with Gasteiger partial charge in [-0.05, 0) is 37.1 Å². The zero-order chi connectivity index (χ0) is 12.5. The van der Waals surface area contributed by atoms with Gasteiger partial charge in [-0.2, -0.15) is 0 Å². The molecule has 0 aromatic heterocycles. The Balaban J connectivity index is 2.43. The van der Waals surface area contributed by atoms with Crippen LogP contribution < -0.4 is 14.8 Å². The molecule has 0 fully saturated rings. The monoisotopic (exact) mass is 257 g/mol. The smallest absolute Gasteiger partial charge is 0.161 e. The summed E-state index contributed by atoms with van der Waals surface area (Å²) in [6, 6.07) is 5.96. The Morgan fingerprint density at radius 1 is 1.12 bits per heavy atom. The lowest BCUT2D eigenvalue weighted by Crippen LogP contribution is -2.14. The van der Waals surface area contributed by atoms with E-state index < -0.39 is 0 Å². The molecule has 0 radical (unpaired) electrons. The van der Waals surface area contributed by atoms with Gasteiger partial charge in [-0.25, -0.2) is 0 Å². The number of rotatable bonds is 8. The van der Waals surface area contributed by atoms with Crippen molar-refractivity contribution in [2.24, 2.45) is 0 Å². The Labute approximate surface area is 108 Å². The normalized spacial score (nSPS) is 10.3. The van der Waals surface area contributed by atoms with Gasteiger partial charge in [0.15, 0.2) is 11.5 Å². The van der Waals surface area contributed by atoms with E-state index in [1.165, 1.54) is 5.56 Å². The van der Waals surface area contributed by atoms with E-state index in [9.17, 15) is 0 Å². The minimum Gasteiger partial charge on any atom is -0.493 e. The quantitative estimate of drug-likeness (QED) is 0.574. The molecule has 3 nitrogen and oxygen atoms in total. The summed E-state index contributed by atoms with van der Waals surface area (Å²) in [7, 11) is 3.29. The summed E-state index contributed by atoms with van der Waals surface area (Å²) in [4.78, 5) is 0. The highest BCUT2D eigenvalue weighted by Crippen LogP contribution is 2.27. The van der Waals surface area contributed by atoms with Crippen LogP contribution in [0.25, 0.3) is 0 Å². The Hall–Kier alpha value is -0.930. The van der Waals surface area contributed by atoms with Crippen molar-refractivity contribution < 1.29 is 9.47 Å². The molecule has 17 heavy (non-hydrogen) atoms. The molecular formula is C13H20ClNO2. The predicted molar refractivity (Wildman–Crippen MR) is 71.2 cm³/mol. The fourth-order valence-corrected chi connectivity index (χ4v) is 1.76. The summed E-state index contributed by atoms with van der Waals surface area (Å²) in [6.45, 7) is 1.82. The maximum Gasteiger partial charge on any atom is 0.161 e. The predicted octanol–water partition coefficient (Wildman–Crippen LogP) is 2.81. The number of hydrogen-bond donors (Lipinski definition) is 1. The summed E-state index contributed by atoms with van der Waals surface area (Å²) in [6.07, 6.45) is 2.16. The average molecular weight is 258 g/mol. The lowest BCUT2D eigenvalue weighted by atomic mass is 10.2. The largest absolute Gasteiger partial charge is 0.493 e. The Bertz CT molecular complexity index is 331. The zero-order valence-corrected chi connectivity index (χ0v) is 11.2. The molecule has 1 aromatic carbocycles. The summed E-state index contributed by atoms with van der Waals surface area (Å²) in [5.41, 5.74) is 1.19. The van der Waals surface area contributed by atoms with Gasteiger partial charge in [0.1, 0.15) is 0 Å². The van der Waals surface area contributed by atoms with Crippen LogP contribution in [-0.2, 0) is 6.54 Å². The molecule has 4 heteroatoms. The van der Waals surface area contributed by atoms with Crippen molar-refractivity contribution in [1.82, 2.24) is 5.32 Å². The van der Waals surface area contributed by atoms with Crippen LogP contribution in [0.4, 0.5) is 0 Å². The van der Waals surface area contributed by atoms with Crippen LogP contribution in [0.3, 0.4) is 0 Å². The summed E-state index contributed by atoms with van der Waals surface area (Å²) < 4.78 is 10.4. The molecule has 0 bridgehead atoms. The third kappa shape index (κ3) is 4.84. The van der Waals surface area contributed by atoms with E-state index in [4.69, 9.17) is 21.1 Å². The SMILES string of the molecule is COc1ccc(CNCCCCCl)cc1OC. The molecule has 0 saturated heterocycles. The van der Waals surface area contributed by atoms with Gasteiger partial charge in [0, 0.05) is 12.4 Å². The third-order valence-electron chi connectivity index (χ3n) is 2.51. The number of halogens is 1. The summed E-state index contributed by atoms with van der Waals surface area (Å²) >= 11 is 5.61. The second kappa shape index (κ2) is 8.20. The molecule has 0 aliphatic carbocycles. The molecule has 96 valence electrons. The molecule has 0 aliphatic heterocycles. The average Bonchev–Trinajstić information content (AvgIpc) is 2.38. The molecule has 1 rings (SSSR count). The van der Waals surface area contributed by atoms with Gasteiger partial charge in [-0.3, -0.25) is 0 Å². The van der Waals surface area contributed by atoms with Gasteiger partial charge < -0.3 is 14.8 Å². The Kier molecular flexibility index (Phi) is 6.82. The van der Waals surface area contributed by atoms with Crippen LogP contribution in [0.1, 0.15) is 18.4 Å². The van der Waals surface area contributed by atoms with Crippen LogP contribution >= 0.6 is 11.6 Å². The number of methoxy groups -OCH3 is 2. The zero-order valence-electron chi connectivity index (χ0n) is 10.5. The van der Waals surface area contributed by atoms with Crippen LogP contribution in [-0.4, -0.2) is 26.6 Å². The molecule has 0 saturated carbocycles. The van der Waals surface area contributed by atoms with Gasteiger partial charge in [-0.15, -0.1) is 11.6 Å². The fourth-order valence-electron chi connectivity index (χ4n) is 1.57. The number of ether oxygens (including phenoxy) is 2. The van der Waals surface area contributed by atoms with E-state index in [0.717, 1.165) is 43.3 Å². The van der Waals surface area contributed by atoms with E-state index in [1.807, 2.05) is 18.2 Å². The van der Waals surface area contributed by atoms with Crippen molar-refractivity contribution in [1.29, 1.82) is 0 Å². The van der Waals surface area contributed by atoms with Crippen molar-refractivity contribution in [3.05, 3.63) is 23.8 Å². The van der Waals surface area contributed by atoms with Crippen molar-refractivity contribution in [2.45, 2.75) is 19.4 Å². The molecule has 0 amide bonds. The van der Waals surface area contributed by atoms with Crippen molar-refractivity contribution in [3.63, 3.8) is 0 Å². The van der Waals surface area contributed by atoms with Gasteiger partial charge in [-0.1, -0.05) is 6.07 Å². The number of unbranched alkanes of at least 4 members (excludes halogenated alkanes) is 1. The second-order valence-electron chi connectivity index (χ2n) is 3.76. The molecule has 1 N–H and O–H groups in total. The van der Waals surface area contributed by atoms with E-state index in [2.05, 4.69) is 5.32 Å². The lowest BCUT2D eigenvalue weighted by Gasteiger charge is -2.10. The molecular weight excluding hydrogens is 238 g/mol. The first-order valence-corrected chi connectivity index (χ1v) is 6.33. The van der Waals surface area contributed by atoms with Gasteiger partial charge in [0.05, 0.1) is 14.2 Å². The van der Waals surface area contributed by atoms with Gasteiger partial charge >= 0.3 is 0 Å². The second-order valence-corrected chi connectivity index (χ2v) is 4.14. The molecule has 0 atom stereocenters. The maximum absolute atomic E-state index is 5.61. The van der Waals surface area contributed by atoms with Crippen molar-refractivity contribution in [3.8, 4) is 11.5 Å². The number of hydrogen-bond acceptors (Lipinski definition) is 3. The first-order chi connectivity index (χ1) is 8.31. The van der Waals surface area contributed by atoms with Gasteiger partial charge in [0.25, 0.3) is 0 Å². The first kappa shape index (κ1) is 14.1. The highest BCUT2D eigenvalue weighted by molar-refractivity contribution is 6.17. The molecule has 0 spiro atoms. The molecule has 0 unspecified atom stereocenters. The van der Waals surface area contributed by atoms with Crippen molar-refractivity contribution >= 4 is 11.6 Å². The van der Waals surface area contributed by atoms with Crippen molar-refractivity contribution in [2.75, 3.05) is 26.6 Å².